The summed E-state index contributed by atoms with van der Waals surface area (Å²) < 4.78 is 6.78. The molecule has 0 spiro atoms. The summed E-state index contributed by atoms with van der Waals surface area (Å²) in [6, 6.07) is 15.1. The second-order valence-corrected chi connectivity index (χ2v) is 6.07. The molecule has 0 bridgehead atoms. The minimum absolute atomic E-state index is 0.0386. The number of rotatable bonds is 5. The molecule has 0 aromatic heterocycles. The van der Waals surface area contributed by atoms with E-state index >= 15 is 0 Å². The zero-order chi connectivity index (χ0) is 14.8. The summed E-state index contributed by atoms with van der Waals surface area (Å²) in [7, 11) is 0. The Morgan fingerprint density at radius 2 is 2.00 bits per heavy atom. The predicted octanol–water partition coefficient (Wildman–Crippen LogP) is 4.16. The van der Waals surface area contributed by atoms with Crippen LogP contribution in [0.5, 0.6) is 5.75 Å². The van der Waals surface area contributed by atoms with Crippen molar-refractivity contribution in [3.05, 3.63) is 74.2 Å². The Kier molecular flexibility index (Phi) is 3.92. The van der Waals surface area contributed by atoms with E-state index in [9.17, 15) is 10.1 Å². The third kappa shape index (κ3) is 3.24. The van der Waals surface area contributed by atoms with Gasteiger partial charge in [-0.3, -0.25) is 10.1 Å². The third-order valence-electron chi connectivity index (χ3n) is 3.64. The third-order valence-corrected chi connectivity index (χ3v) is 4.13. The molecular weight excluding hydrogens is 334 g/mol. The lowest BCUT2D eigenvalue weighted by Crippen LogP contribution is -2.04. The van der Waals surface area contributed by atoms with Crippen LogP contribution >= 0.6 is 15.9 Å². The summed E-state index contributed by atoms with van der Waals surface area (Å²) in [5, 5.41) is 10.9. The summed E-state index contributed by atoms with van der Waals surface area (Å²) in [5.41, 5.74) is 2.00. The first-order chi connectivity index (χ1) is 10.1. The van der Waals surface area contributed by atoms with Crippen LogP contribution in [0, 0.1) is 10.1 Å². The van der Waals surface area contributed by atoms with Crippen molar-refractivity contribution in [3.63, 3.8) is 0 Å². The molecule has 1 fully saturated rings. The van der Waals surface area contributed by atoms with Crippen molar-refractivity contribution in [2.45, 2.75) is 25.0 Å². The molecule has 21 heavy (non-hydrogen) atoms. The topological polar surface area (TPSA) is 52.4 Å². The lowest BCUT2D eigenvalue weighted by molar-refractivity contribution is -0.496. The average molecular weight is 348 g/mol. The Labute approximate surface area is 131 Å². The van der Waals surface area contributed by atoms with Crippen LogP contribution in [0.1, 0.15) is 23.5 Å². The lowest BCUT2D eigenvalue weighted by Gasteiger charge is -2.11. The minimum atomic E-state index is -0.474. The Bertz CT molecular complexity index is 660. The molecule has 0 aliphatic heterocycles. The van der Waals surface area contributed by atoms with Gasteiger partial charge in [0.15, 0.2) is 0 Å². The zero-order valence-electron chi connectivity index (χ0n) is 11.2. The van der Waals surface area contributed by atoms with Gasteiger partial charge in [0, 0.05) is 21.4 Å². The van der Waals surface area contributed by atoms with Crippen molar-refractivity contribution in [2.24, 2.45) is 0 Å². The number of hydrogen-bond acceptors (Lipinski definition) is 3. The summed E-state index contributed by atoms with van der Waals surface area (Å²) in [6.07, 6.45) is 0.588. The van der Waals surface area contributed by atoms with Crippen molar-refractivity contribution in [3.8, 4) is 5.75 Å². The Hall–Kier alpha value is -1.88. The summed E-state index contributed by atoms with van der Waals surface area (Å²) in [6.45, 7) is 0.464. The first kappa shape index (κ1) is 14.1. The van der Waals surface area contributed by atoms with E-state index in [4.69, 9.17) is 4.74 Å². The maximum Gasteiger partial charge on any atom is 0.221 e. The predicted molar refractivity (Wildman–Crippen MR) is 83.1 cm³/mol. The number of halogens is 1. The molecule has 108 valence electrons. The first-order valence-electron chi connectivity index (χ1n) is 6.75. The lowest BCUT2D eigenvalue weighted by atomic mass is 10.1. The highest BCUT2D eigenvalue weighted by Gasteiger charge is 2.50. The van der Waals surface area contributed by atoms with Gasteiger partial charge in [-0.25, -0.2) is 0 Å². The molecule has 2 atom stereocenters. The van der Waals surface area contributed by atoms with Crippen molar-refractivity contribution in [1.29, 1.82) is 0 Å². The molecule has 0 amide bonds. The van der Waals surface area contributed by atoms with Crippen LogP contribution in [0.15, 0.2) is 53.0 Å². The Morgan fingerprint density at radius 1 is 1.24 bits per heavy atom. The van der Waals surface area contributed by atoms with Crippen LogP contribution in [0.4, 0.5) is 0 Å². The molecule has 0 saturated heterocycles. The van der Waals surface area contributed by atoms with Crippen LogP contribution in [0.2, 0.25) is 0 Å². The van der Waals surface area contributed by atoms with Gasteiger partial charge in [-0.2, -0.15) is 0 Å². The number of hydrogen-bond donors (Lipinski definition) is 0. The van der Waals surface area contributed by atoms with E-state index in [0.29, 0.717) is 13.0 Å². The molecule has 0 heterocycles. The molecule has 1 saturated carbocycles. The highest BCUT2D eigenvalue weighted by Crippen LogP contribution is 2.47. The number of ether oxygens (including phenoxy) is 1. The highest BCUT2D eigenvalue weighted by molar-refractivity contribution is 9.10. The molecule has 1 aliphatic rings. The second kappa shape index (κ2) is 5.85. The van der Waals surface area contributed by atoms with E-state index in [1.54, 1.807) is 0 Å². The second-order valence-electron chi connectivity index (χ2n) is 5.15. The maximum absolute atomic E-state index is 10.9. The van der Waals surface area contributed by atoms with Gasteiger partial charge < -0.3 is 4.74 Å². The Balaban J connectivity index is 1.77. The summed E-state index contributed by atoms with van der Waals surface area (Å²) in [4.78, 5) is 10.7. The fraction of sp³-hybridized carbons (Fsp3) is 0.250. The van der Waals surface area contributed by atoms with Crippen LogP contribution in [0.25, 0.3) is 0 Å². The van der Waals surface area contributed by atoms with Crippen LogP contribution in [-0.4, -0.2) is 11.0 Å². The minimum Gasteiger partial charge on any atom is -0.489 e. The molecule has 0 N–H and O–H groups in total. The summed E-state index contributed by atoms with van der Waals surface area (Å²) in [5.74, 6) is 0.694. The normalized spacial score (nSPS) is 20.0. The molecule has 4 nitrogen and oxygen atoms in total. The van der Waals surface area contributed by atoms with Gasteiger partial charge in [-0.1, -0.05) is 46.3 Å². The first-order valence-corrected chi connectivity index (χ1v) is 7.54. The van der Waals surface area contributed by atoms with Crippen LogP contribution < -0.4 is 4.74 Å². The molecular formula is C16H14BrNO3. The van der Waals surface area contributed by atoms with Crippen LogP contribution in [-0.2, 0) is 6.61 Å². The molecule has 3 rings (SSSR count). The summed E-state index contributed by atoms with van der Waals surface area (Å²) >= 11 is 3.42. The van der Waals surface area contributed by atoms with E-state index in [0.717, 1.165) is 21.3 Å². The molecule has 0 radical (unpaired) electrons. The number of benzene rings is 2. The van der Waals surface area contributed by atoms with Crippen molar-refractivity contribution < 1.29 is 9.66 Å². The highest BCUT2D eigenvalue weighted by atomic mass is 79.9. The van der Waals surface area contributed by atoms with Gasteiger partial charge in [0.05, 0.1) is 5.92 Å². The van der Waals surface area contributed by atoms with Crippen LogP contribution in [0.3, 0.4) is 0 Å². The standard InChI is InChI=1S/C16H14BrNO3/c17-12-6-7-16(21-10-11-4-2-1-3-5-11)14(8-12)13-9-15(13)18(19)20/h1-8,13,15H,9-10H2/t13-,15+/m0/s1. The number of nitrogens with zero attached hydrogens (tertiary/aromatic N) is 1. The van der Waals surface area contributed by atoms with Crippen molar-refractivity contribution >= 4 is 15.9 Å². The SMILES string of the molecule is O=[N+]([O-])[C@@H]1C[C@H]1c1cc(Br)ccc1OCc1ccccc1. The van der Waals surface area contributed by atoms with Gasteiger partial charge in [-0.05, 0) is 23.8 Å². The van der Waals surface area contributed by atoms with Gasteiger partial charge >= 0.3 is 0 Å². The van der Waals surface area contributed by atoms with Gasteiger partial charge in [-0.15, -0.1) is 0 Å². The maximum atomic E-state index is 10.9. The quantitative estimate of drug-likeness (QED) is 0.602. The average Bonchev–Trinajstić information content (AvgIpc) is 3.27. The van der Waals surface area contributed by atoms with E-state index in [2.05, 4.69) is 15.9 Å². The van der Waals surface area contributed by atoms with E-state index in [-0.39, 0.29) is 10.8 Å². The molecule has 0 unspecified atom stereocenters. The van der Waals surface area contributed by atoms with E-state index < -0.39 is 6.04 Å². The van der Waals surface area contributed by atoms with Crippen molar-refractivity contribution in [1.82, 2.24) is 0 Å². The van der Waals surface area contributed by atoms with Gasteiger partial charge in [0.2, 0.25) is 6.04 Å². The molecule has 5 heteroatoms. The van der Waals surface area contributed by atoms with Crippen molar-refractivity contribution in [2.75, 3.05) is 0 Å². The molecule has 2 aromatic rings. The Morgan fingerprint density at radius 3 is 2.67 bits per heavy atom. The van der Waals surface area contributed by atoms with Gasteiger partial charge in [0.1, 0.15) is 12.4 Å². The fourth-order valence-corrected chi connectivity index (χ4v) is 2.80. The monoisotopic (exact) mass is 347 g/mol. The number of nitro groups is 1. The molecule has 1 aliphatic carbocycles. The molecule has 2 aromatic carbocycles. The van der Waals surface area contributed by atoms with Gasteiger partial charge in [0.25, 0.3) is 0 Å². The van der Waals surface area contributed by atoms with E-state index in [1.165, 1.54) is 0 Å². The zero-order valence-corrected chi connectivity index (χ0v) is 12.8. The fourth-order valence-electron chi connectivity index (χ4n) is 2.42. The largest absolute Gasteiger partial charge is 0.489 e. The smallest absolute Gasteiger partial charge is 0.221 e. The van der Waals surface area contributed by atoms with E-state index in [1.807, 2.05) is 48.5 Å².